The number of rotatable bonds is 7. The Morgan fingerprint density at radius 2 is 1.77 bits per heavy atom. The average molecular weight is 297 g/mol. The molecule has 1 N–H and O–H groups in total. The van der Waals surface area contributed by atoms with E-state index >= 15 is 0 Å². The number of amides is 1. The fourth-order valence-corrected chi connectivity index (χ4v) is 2.45. The highest BCUT2D eigenvalue weighted by Crippen LogP contribution is 2.17. The first kappa shape index (κ1) is 16.1. The molecule has 0 fully saturated rings. The summed E-state index contributed by atoms with van der Waals surface area (Å²) in [5, 5.41) is 3.06. The molecule has 3 heteroatoms. The monoisotopic (exact) mass is 297 g/mol. The number of ether oxygens (including phenoxy) is 1. The van der Waals surface area contributed by atoms with Crippen molar-refractivity contribution in [2.24, 2.45) is 0 Å². The molecule has 0 aromatic heterocycles. The van der Waals surface area contributed by atoms with Crippen molar-refractivity contribution in [3.63, 3.8) is 0 Å². The van der Waals surface area contributed by atoms with Gasteiger partial charge in [-0.05, 0) is 31.4 Å². The Bertz CT molecular complexity index is 595. The molecule has 0 aliphatic carbocycles. The molecule has 0 aliphatic heterocycles. The van der Waals surface area contributed by atoms with Crippen LogP contribution in [0.25, 0.3) is 0 Å². The zero-order chi connectivity index (χ0) is 15.8. The van der Waals surface area contributed by atoms with Gasteiger partial charge in [-0.3, -0.25) is 4.79 Å². The minimum absolute atomic E-state index is 0.0325. The van der Waals surface area contributed by atoms with Crippen LogP contribution in [0.15, 0.2) is 54.6 Å². The molecule has 3 nitrogen and oxygen atoms in total. The van der Waals surface area contributed by atoms with Crippen molar-refractivity contribution in [2.75, 3.05) is 7.11 Å². The van der Waals surface area contributed by atoms with Crippen molar-refractivity contribution >= 4 is 5.91 Å². The summed E-state index contributed by atoms with van der Waals surface area (Å²) in [7, 11) is 1.62. The first-order valence-electron chi connectivity index (χ1n) is 7.64. The van der Waals surface area contributed by atoms with Crippen LogP contribution in [-0.2, 0) is 17.6 Å². The third-order valence-corrected chi connectivity index (χ3v) is 3.66. The van der Waals surface area contributed by atoms with Crippen LogP contribution in [0.1, 0.15) is 24.5 Å². The molecule has 0 saturated carbocycles. The normalized spacial score (nSPS) is 11.7. The molecule has 2 aromatic rings. The molecule has 2 rings (SSSR count). The van der Waals surface area contributed by atoms with Crippen LogP contribution >= 0.6 is 0 Å². The summed E-state index contributed by atoms with van der Waals surface area (Å²) in [6, 6.07) is 18.1. The molecule has 0 spiro atoms. The maximum absolute atomic E-state index is 12.1. The second-order valence-electron chi connectivity index (χ2n) is 5.48. The number of hydrogen-bond acceptors (Lipinski definition) is 2. The first-order valence-corrected chi connectivity index (χ1v) is 7.64. The van der Waals surface area contributed by atoms with E-state index in [1.807, 2.05) is 49.4 Å². The molecule has 0 radical (unpaired) electrons. The molecule has 0 aliphatic rings. The Labute approximate surface area is 132 Å². The highest BCUT2D eigenvalue weighted by molar-refractivity contribution is 5.79. The summed E-state index contributed by atoms with van der Waals surface area (Å²) in [6.07, 6.45) is 2.25. The van der Waals surface area contributed by atoms with Crippen LogP contribution in [0, 0.1) is 0 Å². The summed E-state index contributed by atoms with van der Waals surface area (Å²) >= 11 is 0. The van der Waals surface area contributed by atoms with E-state index in [0.717, 1.165) is 24.2 Å². The number of carbonyl (C=O) groups is 1. The molecule has 0 bridgehead atoms. The van der Waals surface area contributed by atoms with Gasteiger partial charge in [-0.25, -0.2) is 0 Å². The topological polar surface area (TPSA) is 38.3 Å². The van der Waals surface area contributed by atoms with Crippen molar-refractivity contribution in [3.8, 4) is 5.75 Å². The Kier molecular flexibility index (Phi) is 6.01. The lowest BCUT2D eigenvalue weighted by atomic mass is 10.1. The van der Waals surface area contributed by atoms with Crippen LogP contribution < -0.4 is 10.1 Å². The third kappa shape index (κ3) is 4.92. The minimum Gasteiger partial charge on any atom is -0.496 e. The van der Waals surface area contributed by atoms with Gasteiger partial charge in [-0.15, -0.1) is 0 Å². The number of para-hydroxylation sites is 1. The molecule has 0 heterocycles. The van der Waals surface area contributed by atoms with Crippen molar-refractivity contribution in [2.45, 2.75) is 32.2 Å². The molecule has 116 valence electrons. The number of nitrogens with one attached hydrogen (secondary N) is 1. The summed E-state index contributed by atoms with van der Waals surface area (Å²) in [5.41, 5.74) is 2.21. The summed E-state index contributed by atoms with van der Waals surface area (Å²) in [6.45, 7) is 2.04. The average Bonchev–Trinajstić information content (AvgIpc) is 2.54. The van der Waals surface area contributed by atoms with Crippen molar-refractivity contribution in [1.82, 2.24) is 5.32 Å². The lowest BCUT2D eigenvalue weighted by Crippen LogP contribution is -2.34. The van der Waals surface area contributed by atoms with Gasteiger partial charge in [0.05, 0.1) is 13.5 Å². The molecule has 0 saturated heterocycles. The second-order valence-corrected chi connectivity index (χ2v) is 5.48. The minimum atomic E-state index is 0.0325. The van der Waals surface area contributed by atoms with Gasteiger partial charge in [0.2, 0.25) is 5.91 Å². The summed E-state index contributed by atoms with van der Waals surface area (Å²) in [4.78, 5) is 12.1. The van der Waals surface area contributed by atoms with E-state index in [2.05, 4.69) is 17.4 Å². The van der Waals surface area contributed by atoms with Gasteiger partial charge >= 0.3 is 0 Å². The number of benzene rings is 2. The smallest absolute Gasteiger partial charge is 0.224 e. The molecule has 22 heavy (non-hydrogen) atoms. The first-order chi connectivity index (χ1) is 10.7. The SMILES string of the molecule is COc1ccccc1CC(=O)N[C@@H](C)CCc1ccccc1. The molecule has 1 atom stereocenters. The molecular formula is C19H23NO2. The fourth-order valence-electron chi connectivity index (χ4n) is 2.45. The van der Waals surface area contributed by atoms with Crippen LogP contribution in [0.3, 0.4) is 0 Å². The molecule has 2 aromatic carbocycles. The predicted molar refractivity (Wildman–Crippen MR) is 89.1 cm³/mol. The Morgan fingerprint density at radius 1 is 1.09 bits per heavy atom. The van der Waals surface area contributed by atoms with Gasteiger partial charge in [0.15, 0.2) is 0 Å². The van der Waals surface area contributed by atoms with Crippen molar-refractivity contribution in [1.29, 1.82) is 0 Å². The van der Waals surface area contributed by atoms with E-state index < -0.39 is 0 Å². The van der Waals surface area contributed by atoms with Crippen LogP contribution in [-0.4, -0.2) is 19.1 Å². The van der Waals surface area contributed by atoms with Gasteiger partial charge in [0.25, 0.3) is 0 Å². The van der Waals surface area contributed by atoms with E-state index in [9.17, 15) is 4.79 Å². The van der Waals surface area contributed by atoms with Gasteiger partial charge in [0.1, 0.15) is 5.75 Å². The number of methoxy groups -OCH3 is 1. The Hall–Kier alpha value is -2.29. The van der Waals surface area contributed by atoms with E-state index in [0.29, 0.717) is 6.42 Å². The second kappa shape index (κ2) is 8.23. The quantitative estimate of drug-likeness (QED) is 0.851. The molecule has 1 amide bonds. The summed E-state index contributed by atoms with van der Waals surface area (Å²) in [5.74, 6) is 0.791. The van der Waals surface area contributed by atoms with E-state index in [4.69, 9.17) is 4.74 Å². The number of carbonyl (C=O) groups excluding carboxylic acids is 1. The maximum atomic E-state index is 12.1. The van der Waals surface area contributed by atoms with Gasteiger partial charge in [-0.2, -0.15) is 0 Å². The summed E-state index contributed by atoms with van der Waals surface area (Å²) < 4.78 is 5.28. The van der Waals surface area contributed by atoms with Crippen molar-refractivity contribution < 1.29 is 9.53 Å². The molecular weight excluding hydrogens is 274 g/mol. The third-order valence-electron chi connectivity index (χ3n) is 3.66. The van der Waals surface area contributed by atoms with Gasteiger partial charge in [-0.1, -0.05) is 48.5 Å². The Balaban J connectivity index is 1.81. The largest absolute Gasteiger partial charge is 0.496 e. The lowest BCUT2D eigenvalue weighted by molar-refractivity contribution is -0.121. The maximum Gasteiger partial charge on any atom is 0.224 e. The van der Waals surface area contributed by atoms with E-state index in [1.54, 1.807) is 7.11 Å². The lowest BCUT2D eigenvalue weighted by Gasteiger charge is -2.15. The van der Waals surface area contributed by atoms with Gasteiger partial charge < -0.3 is 10.1 Å². The van der Waals surface area contributed by atoms with Crippen molar-refractivity contribution in [3.05, 3.63) is 65.7 Å². The van der Waals surface area contributed by atoms with Crippen LogP contribution in [0.4, 0.5) is 0 Å². The zero-order valence-electron chi connectivity index (χ0n) is 13.2. The van der Waals surface area contributed by atoms with E-state index in [-0.39, 0.29) is 11.9 Å². The van der Waals surface area contributed by atoms with Crippen LogP contribution in [0.2, 0.25) is 0 Å². The fraction of sp³-hybridized carbons (Fsp3) is 0.316. The van der Waals surface area contributed by atoms with E-state index in [1.165, 1.54) is 5.56 Å². The van der Waals surface area contributed by atoms with Crippen LogP contribution in [0.5, 0.6) is 5.75 Å². The van der Waals surface area contributed by atoms with Gasteiger partial charge in [0, 0.05) is 11.6 Å². The highest BCUT2D eigenvalue weighted by atomic mass is 16.5. The number of hydrogen-bond donors (Lipinski definition) is 1. The zero-order valence-corrected chi connectivity index (χ0v) is 13.2. The Morgan fingerprint density at radius 3 is 2.50 bits per heavy atom. The molecule has 0 unspecified atom stereocenters. The highest BCUT2D eigenvalue weighted by Gasteiger charge is 2.11. The predicted octanol–water partition coefficient (Wildman–Crippen LogP) is 3.38. The standard InChI is InChI=1S/C19H23NO2/c1-15(12-13-16-8-4-3-5-9-16)20-19(21)14-17-10-6-7-11-18(17)22-2/h3-11,15H,12-14H2,1-2H3,(H,20,21)/t15-/m0/s1. The number of aryl methyl sites for hydroxylation is 1.